The van der Waals surface area contributed by atoms with Crippen LogP contribution in [0.5, 0.6) is 0 Å². The van der Waals surface area contributed by atoms with Gasteiger partial charge in [0.1, 0.15) is 4.88 Å². The molecule has 0 radical (unpaired) electrons. The van der Waals surface area contributed by atoms with E-state index in [0.717, 1.165) is 53.4 Å². The van der Waals surface area contributed by atoms with Gasteiger partial charge in [-0.2, -0.15) is 5.10 Å². The molecule has 10 nitrogen and oxygen atoms in total. The predicted molar refractivity (Wildman–Crippen MR) is 192 cm³/mol. The van der Waals surface area contributed by atoms with E-state index in [0.29, 0.717) is 47.9 Å². The summed E-state index contributed by atoms with van der Waals surface area (Å²) in [6.45, 7) is 7.67. The fraction of sp³-hybridized carbons (Fsp3) is 0.389. The highest BCUT2D eigenvalue weighted by Crippen LogP contribution is 2.29. The summed E-state index contributed by atoms with van der Waals surface area (Å²) in [7, 11) is 0.218. The van der Waals surface area contributed by atoms with Gasteiger partial charge in [0.05, 0.1) is 31.0 Å². The maximum atomic E-state index is 14.6. The van der Waals surface area contributed by atoms with Gasteiger partial charge in [-0.05, 0) is 72.1 Å². The van der Waals surface area contributed by atoms with Crippen LogP contribution in [0.4, 0.5) is 5.69 Å². The van der Waals surface area contributed by atoms with Gasteiger partial charge in [-0.25, -0.2) is 9.48 Å². The van der Waals surface area contributed by atoms with Gasteiger partial charge < -0.3 is 24.6 Å². The van der Waals surface area contributed by atoms with E-state index in [2.05, 4.69) is 18.8 Å². The van der Waals surface area contributed by atoms with E-state index < -0.39 is 9.68 Å². The summed E-state index contributed by atoms with van der Waals surface area (Å²) >= 11 is 1.35. The van der Waals surface area contributed by atoms with Crippen LogP contribution in [0.15, 0.2) is 60.0 Å². The van der Waals surface area contributed by atoms with E-state index in [1.54, 1.807) is 15.6 Å². The fourth-order valence-corrected chi connectivity index (χ4v) is 8.65. The number of hydrogen-bond acceptors (Lipinski definition) is 8. The number of anilines is 1. The van der Waals surface area contributed by atoms with Gasteiger partial charge in [-0.3, -0.25) is 9.59 Å². The fourth-order valence-electron chi connectivity index (χ4n) is 6.09. The van der Waals surface area contributed by atoms with Crippen molar-refractivity contribution in [3.63, 3.8) is 0 Å². The van der Waals surface area contributed by atoms with Crippen LogP contribution in [-0.4, -0.2) is 85.0 Å². The monoisotopic (exact) mass is 687 g/mol. The zero-order valence-corrected chi connectivity index (χ0v) is 30.4. The molecule has 3 heterocycles. The summed E-state index contributed by atoms with van der Waals surface area (Å²) < 4.78 is 6.64. The lowest BCUT2D eigenvalue weighted by Gasteiger charge is -2.36. The molecule has 4 aromatic rings. The smallest absolute Gasteiger partial charge is 0.347 e. The molecule has 0 saturated heterocycles. The molecule has 12 heteroatoms. The Morgan fingerprint density at radius 2 is 1.79 bits per heavy atom. The van der Waals surface area contributed by atoms with Crippen LogP contribution in [-0.2, 0) is 17.7 Å². The minimum atomic E-state index is -1.16. The summed E-state index contributed by atoms with van der Waals surface area (Å²) in [6, 6.07) is 16.9. The van der Waals surface area contributed by atoms with Crippen LogP contribution < -0.4 is 10.2 Å². The summed E-state index contributed by atoms with van der Waals surface area (Å²) in [4.78, 5) is 48.2. The summed E-state index contributed by atoms with van der Waals surface area (Å²) in [5.41, 5.74) is 4.95. The van der Waals surface area contributed by atoms with Crippen molar-refractivity contribution in [2.24, 2.45) is 0 Å². The van der Waals surface area contributed by atoms with Gasteiger partial charge in [-0.15, -0.1) is 11.3 Å². The molecule has 2 amide bonds. The molecule has 1 unspecified atom stereocenters. The molecule has 2 N–H and O–H groups in total. The van der Waals surface area contributed by atoms with Gasteiger partial charge >= 0.3 is 5.97 Å². The maximum Gasteiger partial charge on any atom is 0.347 e. The number of benzene rings is 2. The molecular weight excluding hydrogens is 643 g/mol. The standard InChI is InChI=1S/C36H45N5O5SSi/c1-5-7-16-39(17-8-6-2)35(44)30-19-24(3)41(37-30)31-14-13-27(38-48-32-15-18-47-33(32)36(45)46-4)21-29(31)34(43)40-22-26-12-10-9-11-25(26)20-28(40)23-42/h9-15,18-19,21,28,38,42H,5-8,16-17,20,22-23,48H2,1-4H3. The van der Waals surface area contributed by atoms with E-state index in [4.69, 9.17) is 9.84 Å². The number of aliphatic hydroxyl groups is 1. The van der Waals surface area contributed by atoms with Crippen molar-refractivity contribution >= 4 is 49.7 Å². The van der Waals surface area contributed by atoms with Crippen LogP contribution in [0.3, 0.4) is 0 Å². The first-order valence-electron chi connectivity index (χ1n) is 16.7. The second-order valence-electron chi connectivity index (χ2n) is 12.2. The molecule has 0 fully saturated rings. The number of aromatic nitrogens is 2. The van der Waals surface area contributed by atoms with Gasteiger partial charge in [0.25, 0.3) is 11.8 Å². The number of nitrogens with one attached hydrogen (secondary N) is 1. The Labute approximate surface area is 288 Å². The number of unbranched alkanes of at least 4 members (excludes halogenated alkanes) is 2. The Balaban J connectivity index is 1.52. The molecular formula is C36H45N5O5SSi. The largest absolute Gasteiger partial charge is 0.465 e. The van der Waals surface area contributed by atoms with Crippen LogP contribution in [0, 0.1) is 6.92 Å². The highest BCUT2D eigenvalue weighted by atomic mass is 32.1. The molecule has 1 atom stereocenters. The molecule has 48 heavy (non-hydrogen) atoms. The molecule has 2 aromatic heterocycles. The van der Waals surface area contributed by atoms with Crippen molar-refractivity contribution in [1.82, 2.24) is 19.6 Å². The average molecular weight is 688 g/mol. The zero-order valence-electron chi connectivity index (χ0n) is 28.2. The van der Waals surface area contributed by atoms with Crippen LogP contribution >= 0.6 is 11.3 Å². The van der Waals surface area contributed by atoms with Crippen molar-refractivity contribution in [1.29, 1.82) is 0 Å². The first-order valence-corrected chi connectivity index (χ1v) is 19.0. The highest BCUT2D eigenvalue weighted by Gasteiger charge is 2.32. The van der Waals surface area contributed by atoms with Crippen molar-refractivity contribution in [3.05, 3.63) is 92.9 Å². The van der Waals surface area contributed by atoms with Crippen molar-refractivity contribution in [3.8, 4) is 5.69 Å². The van der Waals surface area contributed by atoms with E-state index in [1.165, 1.54) is 18.4 Å². The first-order chi connectivity index (χ1) is 23.3. The second-order valence-corrected chi connectivity index (χ2v) is 14.6. The second kappa shape index (κ2) is 16.2. The normalized spacial score (nSPS) is 14.3. The topological polar surface area (TPSA) is 117 Å². The third-order valence-corrected chi connectivity index (χ3v) is 11.6. The first kappa shape index (κ1) is 35.1. The Morgan fingerprint density at radius 3 is 2.48 bits per heavy atom. The predicted octanol–water partition coefficient (Wildman–Crippen LogP) is 4.45. The van der Waals surface area contributed by atoms with Gasteiger partial charge in [-0.1, -0.05) is 57.0 Å². The highest BCUT2D eigenvalue weighted by molar-refractivity contribution is 7.13. The number of aliphatic hydroxyl groups excluding tert-OH is 1. The summed E-state index contributed by atoms with van der Waals surface area (Å²) in [5, 5.41) is 18.0. The molecule has 1 aliphatic heterocycles. The molecule has 1 aliphatic rings. The summed E-state index contributed by atoms with van der Waals surface area (Å²) in [5.74, 6) is -0.700. The SMILES string of the molecule is CCCCN(CCCC)C(=O)c1cc(C)n(-c2ccc(N[SiH2]c3ccsc3C(=O)OC)cc2C(=O)N2Cc3ccccc3CC2CO)n1. The summed E-state index contributed by atoms with van der Waals surface area (Å²) in [6.07, 6.45) is 4.37. The Hall–Kier alpha value is -4.26. The van der Waals surface area contributed by atoms with Crippen molar-refractivity contribution < 1.29 is 24.2 Å². The number of amides is 2. The van der Waals surface area contributed by atoms with Crippen molar-refractivity contribution in [2.45, 2.75) is 65.5 Å². The number of carbonyl (C=O) groups excluding carboxylic acids is 3. The van der Waals surface area contributed by atoms with E-state index in [1.807, 2.05) is 65.7 Å². The lowest BCUT2D eigenvalue weighted by Crippen LogP contribution is -2.46. The minimum absolute atomic E-state index is 0.110. The number of fused-ring (bicyclic) bond motifs is 1. The third kappa shape index (κ3) is 7.72. The number of methoxy groups -OCH3 is 1. The quantitative estimate of drug-likeness (QED) is 0.149. The van der Waals surface area contributed by atoms with Gasteiger partial charge in [0, 0.05) is 31.0 Å². The lowest BCUT2D eigenvalue weighted by molar-refractivity contribution is 0.0543. The number of esters is 1. The Bertz CT molecular complexity index is 1750. The number of thiophene rings is 1. The number of hydrogen-bond donors (Lipinski definition) is 2. The van der Waals surface area contributed by atoms with Crippen LogP contribution in [0.25, 0.3) is 5.69 Å². The maximum absolute atomic E-state index is 14.6. The van der Waals surface area contributed by atoms with E-state index in [9.17, 15) is 19.5 Å². The number of ether oxygens (including phenoxy) is 1. The molecule has 2 aromatic carbocycles. The molecule has 0 spiro atoms. The number of nitrogens with zero attached hydrogens (tertiary/aromatic N) is 4. The molecule has 0 aliphatic carbocycles. The zero-order chi connectivity index (χ0) is 34.2. The molecule has 254 valence electrons. The number of aryl methyl sites for hydroxylation is 1. The van der Waals surface area contributed by atoms with Crippen LogP contribution in [0.1, 0.15) is 86.9 Å². The number of rotatable bonds is 14. The molecule has 0 bridgehead atoms. The van der Waals surface area contributed by atoms with Crippen LogP contribution in [0.2, 0.25) is 0 Å². The van der Waals surface area contributed by atoms with E-state index in [-0.39, 0.29) is 30.4 Å². The van der Waals surface area contributed by atoms with E-state index >= 15 is 0 Å². The molecule has 0 saturated carbocycles. The average Bonchev–Trinajstić information content (AvgIpc) is 3.75. The Morgan fingerprint density at radius 1 is 1.06 bits per heavy atom. The third-order valence-electron chi connectivity index (χ3n) is 8.84. The Kier molecular flexibility index (Phi) is 11.8. The van der Waals surface area contributed by atoms with Gasteiger partial charge in [0.15, 0.2) is 15.4 Å². The number of carbonyl (C=O) groups is 3. The van der Waals surface area contributed by atoms with Crippen molar-refractivity contribution in [2.75, 3.05) is 31.8 Å². The molecule has 5 rings (SSSR count). The minimum Gasteiger partial charge on any atom is -0.465 e. The lowest BCUT2D eigenvalue weighted by atomic mass is 9.93. The van der Waals surface area contributed by atoms with Gasteiger partial charge in [0.2, 0.25) is 0 Å².